The molecule has 59 valence electrons. The van der Waals surface area contributed by atoms with Crippen LogP contribution in [0.25, 0.3) is 0 Å². The van der Waals surface area contributed by atoms with E-state index in [1.807, 2.05) is 18.2 Å². The molecular weight excluding hydrogens is 149 g/mol. The smallest absolute Gasteiger partial charge is 0.198 e. The molecule has 0 saturated heterocycles. The van der Waals surface area contributed by atoms with Crippen LogP contribution in [-0.4, -0.2) is 20.2 Å². The third kappa shape index (κ3) is 9.68. The molecule has 1 heterocycles. The van der Waals surface area contributed by atoms with Gasteiger partial charge in [0.1, 0.15) is 0 Å². The zero-order valence-electron chi connectivity index (χ0n) is 7.33. The van der Waals surface area contributed by atoms with Gasteiger partial charge in [-0.2, -0.15) is 0 Å². The van der Waals surface area contributed by atoms with Crippen molar-refractivity contribution >= 4 is 15.2 Å². The van der Waals surface area contributed by atoms with Crippen molar-refractivity contribution in [2.24, 2.45) is 0 Å². The van der Waals surface area contributed by atoms with Gasteiger partial charge in [-0.15, -0.1) is 10.6 Å². The standard InChI is InChI=1S/C5H5N.2C2H5.Al/c1-2-4-6-5-3-1;2*1-2;/h1-5H;2*1H2,2H3;. The first-order valence-corrected chi connectivity index (χ1v) is 5.71. The second-order valence-corrected chi connectivity index (χ2v) is 4.34. The Bertz CT molecular complexity index is 113. The van der Waals surface area contributed by atoms with E-state index in [4.69, 9.17) is 0 Å². The summed E-state index contributed by atoms with van der Waals surface area (Å²) >= 11 is 0.815. The molecule has 0 aliphatic carbocycles. The molecule has 0 spiro atoms. The van der Waals surface area contributed by atoms with Gasteiger partial charge in [0.15, 0.2) is 15.2 Å². The fourth-order valence-corrected chi connectivity index (χ4v) is 1.18. The first-order chi connectivity index (χ1) is 5.41. The predicted octanol–water partition coefficient (Wildman–Crippen LogP) is 2.65. The highest BCUT2D eigenvalue weighted by Gasteiger charge is 1.74. The van der Waals surface area contributed by atoms with E-state index < -0.39 is 0 Å². The second kappa shape index (κ2) is 9.68. The number of aromatic nitrogens is 1. The lowest BCUT2D eigenvalue weighted by atomic mass is 10.5. The topological polar surface area (TPSA) is 12.9 Å². The molecule has 0 unspecified atom stereocenters. The summed E-state index contributed by atoms with van der Waals surface area (Å²) in [4.78, 5) is 3.78. The van der Waals surface area contributed by atoms with Crippen LogP contribution in [0.15, 0.2) is 30.6 Å². The van der Waals surface area contributed by atoms with Crippen molar-refractivity contribution in [1.29, 1.82) is 0 Å². The summed E-state index contributed by atoms with van der Waals surface area (Å²) in [5.74, 6) is 0. The van der Waals surface area contributed by atoms with Crippen LogP contribution in [0.2, 0.25) is 10.6 Å². The van der Waals surface area contributed by atoms with E-state index in [1.54, 1.807) is 12.4 Å². The molecule has 0 amide bonds. The molecule has 1 radical (unpaired) electrons. The molecule has 1 rings (SSSR count). The van der Waals surface area contributed by atoms with Crippen molar-refractivity contribution < 1.29 is 0 Å². The van der Waals surface area contributed by atoms with Gasteiger partial charge in [0.05, 0.1) is 0 Å². The molecule has 0 aliphatic heterocycles. The first-order valence-electron chi connectivity index (χ1n) is 4.08. The SMILES string of the molecule is C[CH2][Al][CH2]C.c1ccncc1. The monoisotopic (exact) mass is 164 g/mol. The van der Waals surface area contributed by atoms with Gasteiger partial charge in [-0.3, -0.25) is 4.98 Å². The normalized spacial score (nSPS) is 7.82. The number of rotatable bonds is 2. The molecule has 0 N–H and O–H groups in total. The molecule has 0 saturated carbocycles. The lowest BCUT2D eigenvalue weighted by Gasteiger charge is -1.74. The van der Waals surface area contributed by atoms with Crippen molar-refractivity contribution in [2.45, 2.75) is 24.4 Å². The molecule has 0 bridgehead atoms. The van der Waals surface area contributed by atoms with Crippen molar-refractivity contribution in [2.75, 3.05) is 0 Å². The maximum absolute atomic E-state index is 3.78. The zero-order valence-corrected chi connectivity index (χ0v) is 8.48. The van der Waals surface area contributed by atoms with Gasteiger partial charge in [-0.25, -0.2) is 0 Å². The molecule has 0 aromatic carbocycles. The average molecular weight is 164 g/mol. The first kappa shape index (κ1) is 10.7. The van der Waals surface area contributed by atoms with Gasteiger partial charge in [0.2, 0.25) is 0 Å². The van der Waals surface area contributed by atoms with Crippen LogP contribution in [0.1, 0.15) is 13.8 Å². The molecule has 0 atom stereocenters. The fourth-order valence-electron chi connectivity index (χ4n) is 0.601. The third-order valence-electron chi connectivity index (χ3n) is 1.14. The van der Waals surface area contributed by atoms with E-state index in [0.29, 0.717) is 0 Å². The summed E-state index contributed by atoms with van der Waals surface area (Å²) in [6.07, 6.45) is 3.50. The van der Waals surface area contributed by atoms with E-state index in [9.17, 15) is 0 Å². The molecule has 1 aromatic rings. The largest absolute Gasteiger partial charge is 0.265 e. The molecule has 1 nitrogen and oxygen atoms in total. The van der Waals surface area contributed by atoms with Crippen LogP contribution in [0, 0.1) is 0 Å². The highest BCUT2D eigenvalue weighted by atomic mass is 27.1. The maximum atomic E-state index is 3.78. The minimum atomic E-state index is 0.815. The summed E-state index contributed by atoms with van der Waals surface area (Å²) in [7, 11) is 0. The third-order valence-corrected chi connectivity index (χ3v) is 2.30. The Kier molecular flexibility index (Phi) is 9.40. The van der Waals surface area contributed by atoms with E-state index in [-0.39, 0.29) is 0 Å². The maximum Gasteiger partial charge on any atom is 0.198 e. The highest BCUT2D eigenvalue weighted by molar-refractivity contribution is 6.34. The second-order valence-electron chi connectivity index (χ2n) is 2.13. The van der Waals surface area contributed by atoms with E-state index in [2.05, 4.69) is 18.8 Å². The molecule has 11 heavy (non-hydrogen) atoms. The molecule has 2 heteroatoms. The minimum absolute atomic E-state index is 0.815. The Morgan fingerprint density at radius 2 is 1.55 bits per heavy atom. The fraction of sp³-hybridized carbons (Fsp3) is 0.444. The van der Waals surface area contributed by atoms with Crippen LogP contribution >= 0.6 is 0 Å². The predicted molar refractivity (Wildman–Crippen MR) is 51.0 cm³/mol. The quantitative estimate of drug-likeness (QED) is 0.612. The Morgan fingerprint density at radius 3 is 1.64 bits per heavy atom. The molecular formula is C9H15AlN. The van der Waals surface area contributed by atoms with Crippen LogP contribution in [-0.2, 0) is 0 Å². The van der Waals surface area contributed by atoms with Gasteiger partial charge >= 0.3 is 0 Å². The summed E-state index contributed by atoms with van der Waals surface area (Å²) in [6.45, 7) is 4.50. The van der Waals surface area contributed by atoms with Gasteiger partial charge in [-0.05, 0) is 12.1 Å². The van der Waals surface area contributed by atoms with Crippen molar-refractivity contribution in [3.05, 3.63) is 30.6 Å². The Labute approximate surface area is 75.6 Å². The van der Waals surface area contributed by atoms with Crippen LogP contribution in [0.4, 0.5) is 0 Å². The van der Waals surface area contributed by atoms with Gasteiger partial charge < -0.3 is 0 Å². The van der Waals surface area contributed by atoms with E-state index in [0.717, 1.165) is 15.2 Å². The number of hydrogen-bond acceptors (Lipinski definition) is 1. The van der Waals surface area contributed by atoms with Crippen LogP contribution in [0.5, 0.6) is 0 Å². The summed E-state index contributed by atoms with van der Waals surface area (Å²) in [5, 5.41) is 2.85. The average Bonchev–Trinajstić information content (AvgIpc) is 2.10. The number of hydrogen-bond donors (Lipinski definition) is 0. The highest BCUT2D eigenvalue weighted by Crippen LogP contribution is 1.77. The molecule has 1 aromatic heterocycles. The van der Waals surface area contributed by atoms with Crippen LogP contribution in [0.3, 0.4) is 0 Å². The van der Waals surface area contributed by atoms with Gasteiger partial charge in [-0.1, -0.05) is 19.9 Å². The van der Waals surface area contributed by atoms with Crippen molar-refractivity contribution in [1.82, 2.24) is 4.98 Å². The van der Waals surface area contributed by atoms with Crippen molar-refractivity contribution in [3.8, 4) is 0 Å². The number of nitrogens with zero attached hydrogens (tertiary/aromatic N) is 1. The van der Waals surface area contributed by atoms with Crippen LogP contribution < -0.4 is 0 Å². The molecule has 0 fully saturated rings. The van der Waals surface area contributed by atoms with Crippen molar-refractivity contribution in [3.63, 3.8) is 0 Å². The van der Waals surface area contributed by atoms with Gasteiger partial charge in [0, 0.05) is 12.4 Å². The lowest BCUT2D eigenvalue weighted by molar-refractivity contribution is 1.33. The zero-order chi connectivity index (χ0) is 8.36. The lowest BCUT2D eigenvalue weighted by Crippen LogP contribution is -1.76. The van der Waals surface area contributed by atoms with Gasteiger partial charge in [0.25, 0.3) is 0 Å². The number of pyridine rings is 1. The summed E-state index contributed by atoms with van der Waals surface area (Å²) in [5.41, 5.74) is 0. The Balaban J connectivity index is 0.000000187. The minimum Gasteiger partial charge on any atom is -0.265 e. The molecule has 0 aliphatic rings. The summed E-state index contributed by atoms with van der Waals surface area (Å²) in [6, 6.07) is 5.72. The summed E-state index contributed by atoms with van der Waals surface area (Å²) < 4.78 is 0. The Hall–Kier alpha value is -0.318. The van der Waals surface area contributed by atoms with E-state index >= 15 is 0 Å². The Morgan fingerprint density at radius 1 is 1.00 bits per heavy atom. The van der Waals surface area contributed by atoms with E-state index in [1.165, 1.54) is 10.6 Å².